The zero-order valence-corrected chi connectivity index (χ0v) is 8.65. The second kappa shape index (κ2) is 5.97. The van der Waals surface area contributed by atoms with Crippen LogP contribution in [0.5, 0.6) is 0 Å². The second-order valence-corrected chi connectivity index (χ2v) is 3.81. The van der Waals surface area contributed by atoms with Crippen LogP contribution in [0.4, 0.5) is 0 Å². The van der Waals surface area contributed by atoms with E-state index in [1.54, 1.807) is 7.11 Å². The van der Waals surface area contributed by atoms with E-state index in [0.29, 0.717) is 13.2 Å². The Bertz CT molecular complexity index is 195. The number of piperidine rings is 1. The van der Waals surface area contributed by atoms with E-state index in [1.165, 1.54) is 0 Å². The summed E-state index contributed by atoms with van der Waals surface area (Å²) in [4.78, 5) is 2.19. The summed E-state index contributed by atoms with van der Waals surface area (Å²) in [7, 11) is 1.59. The minimum atomic E-state index is -0.404. The normalized spacial score (nSPS) is 21.8. The Morgan fingerprint density at radius 1 is 1.57 bits per heavy atom. The van der Waals surface area contributed by atoms with Crippen molar-refractivity contribution >= 4 is 0 Å². The predicted octanol–water partition coefficient (Wildman–Crippen LogP) is 0.229. The van der Waals surface area contributed by atoms with Crippen molar-refractivity contribution in [3.05, 3.63) is 0 Å². The lowest BCUT2D eigenvalue weighted by molar-refractivity contribution is 0.0313. The summed E-state index contributed by atoms with van der Waals surface area (Å²) in [6.45, 7) is 2.88. The van der Waals surface area contributed by atoms with Crippen LogP contribution in [-0.2, 0) is 4.74 Å². The summed E-state index contributed by atoms with van der Waals surface area (Å²) in [5.74, 6) is 0.214. The van der Waals surface area contributed by atoms with Gasteiger partial charge in [0.25, 0.3) is 0 Å². The van der Waals surface area contributed by atoms with Gasteiger partial charge in [-0.05, 0) is 25.9 Å². The van der Waals surface area contributed by atoms with E-state index in [1.807, 2.05) is 0 Å². The fourth-order valence-corrected chi connectivity index (χ4v) is 1.79. The molecule has 4 heteroatoms. The molecule has 80 valence electrons. The van der Waals surface area contributed by atoms with Crippen molar-refractivity contribution in [2.45, 2.75) is 18.9 Å². The highest BCUT2D eigenvalue weighted by Crippen LogP contribution is 2.15. The van der Waals surface area contributed by atoms with Gasteiger partial charge in [0.15, 0.2) is 0 Å². The fraction of sp³-hybridized carbons (Fsp3) is 0.900. The third kappa shape index (κ3) is 3.62. The Hall–Kier alpha value is -0.630. The summed E-state index contributed by atoms with van der Waals surface area (Å²) >= 11 is 0. The lowest BCUT2D eigenvalue weighted by atomic mass is 9.98. The molecule has 0 aromatic carbocycles. The van der Waals surface area contributed by atoms with Crippen molar-refractivity contribution in [2.75, 3.05) is 33.4 Å². The molecule has 0 aromatic rings. The number of aliphatic hydroxyl groups is 1. The average Bonchev–Trinajstić information content (AvgIpc) is 2.19. The molecular weight excluding hydrogens is 180 g/mol. The van der Waals surface area contributed by atoms with Crippen molar-refractivity contribution in [2.24, 2.45) is 5.92 Å². The van der Waals surface area contributed by atoms with Gasteiger partial charge in [-0.3, -0.25) is 0 Å². The van der Waals surface area contributed by atoms with Gasteiger partial charge in [0.1, 0.15) is 0 Å². The molecule has 0 spiro atoms. The molecule has 1 aliphatic heterocycles. The van der Waals surface area contributed by atoms with Crippen molar-refractivity contribution in [3.63, 3.8) is 0 Å². The number of rotatable bonds is 4. The predicted molar refractivity (Wildman–Crippen MR) is 52.7 cm³/mol. The minimum absolute atomic E-state index is 0.214. The first kappa shape index (κ1) is 11.4. The highest BCUT2D eigenvalue weighted by atomic mass is 16.5. The van der Waals surface area contributed by atoms with Crippen molar-refractivity contribution in [1.29, 1.82) is 5.26 Å². The van der Waals surface area contributed by atoms with Gasteiger partial charge in [0.05, 0.1) is 18.8 Å². The average molecular weight is 198 g/mol. The molecule has 1 aliphatic rings. The lowest BCUT2D eigenvalue weighted by Crippen LogP contribution is -2.39. The largest absolute Gasteiger partial charge is 0.389 e. The molecule has 0 aromatic heterocycles. The van der Waals surface area contributed by atoms with Gasteiger partial charge < -0.3 is 14.7 Å². The summed E-state index contributed by atoms with van der Waals surface area (Å²) < 4.78 is 4.86. The molecule has 0 aliphatic carbocycles. The third-order valence-electron chi connectivity index (χ3n) is 2.60. The molecule has 0 amide bonds. The van der Waals surface area contributed by atoms with E-state index in [-0.39, 0.29) is 5.92 Å². The zero-order valence-electron chi connectivity index (χ0n) is 8.65. The highest BCUT2D eigenvalue weighted by molar-refractivity contribution is 4.87. The van der Waals surface area contributed by atoms with E-state index < -0.39 is 6.10 Å². The van der Waals surface area contributed by atoms with E-state index in [2.05, 4.69) is 11.0 Å². The molecule has 1 fully saturated rings. The van der Waals surface area contributed by atoms with E-state index in [0.717, 1.165) is 25.9 Å². The number of β-amino-alcohol motifs (C(OH)–C–C–N with tert-alkyl or cyclic N) is 1. The number of nitrogens with zero attached hydrogens (tertiary/aromatic N) is 2. The third-order valence-corrected chi connectivity index (χ3v) is 2.60. The number of hydrogen-bond donors (Lipinski definition) is 1. The van der Waals surface area contributed by atoms with Crippen LogP contribution in [0, 0.1) is 17.2 Å². The zero-order chi connectivity index (χ0) is 10.4. The monoisotopic (exact) mass is 198 g/mol. The number of nitriles is 1. The SMILES string of the molecule is COCC(O)CN1CCC(C#N)CC1. The van der Waals surface area contributed by atoms with Crippen LogP contribution in [0.3, 0.4) is 0 Å². The molecule has 1 atom stereocenters. The van der Waals surface area contributed by atoms with Crippen LogP contribution in [-0.4, -0.2) is 49.5 Å². The molecule has 1 N–H and O–H groups in total. The van der Waals surface area contributed by atoms with E-state index in [9.17, 15) is 5.11 Å². The Labute approximate surface area is 85.1 Å². The molecule has 1 unspecified atom stereocenters. The Kier molecular flexibility index (Phi) is 4.88. The van der Waals surface area contributed by atoms with Crippen LogP contribution in [0.15, 0.2) is 0 Å². The van der Waals surface area contributed by atoms with Crippen LogP contribution >= 0.6 is 0 Å². The lowest BCUT2D eigenvalue weighted by Gasteiger charge is -2.30. The van der Waals surface area contributed by atoms with Crippen LogP contribution < -0.4 is 0 Å². The molecular formula is C10H18N2O2. The van der Waals surface area contributed by atoms with Gasteiger partial charge in [-0.1, -0.05) is 0 Å². The first-order chi connectivity index (χ1) is 6.76. The number of methoxy groups -OCH3 is 1. The molecule has 1 saturated heterocycles. The first-order valence-electron chi connectivity index (χ1n) is 5.05. The van der Waals surface area contributed by atoms with Crippen LogP contribution in [0.25, 0.3) is 0 Å². The topological polar surface area (TPSA) is 56.5 Å². The van der Waals surface area contributed by atoms with Gasteiger partial charge in [0, 0.05) is 19.6 Å². The standard InChI is InChI=1S/C10H18N2O2/c1-14-8-10(13)7-12-4-2-9(6-11)3-5-12/h9-10,13H,2-5,7-8H2,1H3. The number of hydrogen-bond acceptors (Lipinski definition) is 4. The highest BCUT2D eigenvalue weighted by Gasteiger charge is 2.20. The summed E-state index contributed by atoms with van der Waals surface area (Å²) in [6, 6.07) is 2.29. The minimum Gasteiger partial charge on any atom is -0.389 e. The van der Waals surface area contributed by atoms with Crippen LogP contribution in [0.1, 0.15) is 12.8 Å². The van der Waals surface area contributed by atoms with Gasteiger partial charge in [-0.15, -0.1) is 0 Å². The molecule has 1 rings (SSSR count). The molecule has 1 heterocycles. The maximum atomic E-state index is 9.49. The molecule has 0 bridgehead atoms. The number of ether oxygens (including phenoxy) is 1. The molecule has 0 radical (unpaired) electrons. The Morgan fingerprint density at radius 3 is 2.71 bits per heavy atom. The summed E-state index contributed by atoms with van der Waals surface area (Å²) in [6.07, 6.45) is 1.45. The van der Waals surface area contributed by atoms with E-state index >= 15 is 0 Å². The quantitative estimate of drug-likeness (QED) is 0.702. The Morgan fingerprint density at radius 2 is 2.21 bits per heavy atom. The number of likely N-dealkylation sites (tertiary alicyclic amines) is 1. The van der Waals surface area contributed by atoms with Crippen molar-refractivity contribution in [1.82, 2.24) is 4.90 Å². The van der Waals surface area contributed by atoms with E-state index in [4.69, 9.17) is 10.00 Å². The smallest absolute Gasteiger partial charge is 0.0900 e. The summed E-state index contributed by atoms with van der Waals surface area (Å²) in [5, 5.41) is 18.2. The second-order valence-electron chi connectivity index (χ2n) is 3.81. The summed E-state index contributed by atoms with van der Waals surface area (Å²) in [5.41, 5.74) is 0. The Balaban J connectivity index is 2.19. The molecule has 0 saturated carbocycles. The van der Waals surface area contributed by atoms with Crippen molar-refractivity contribution in [3.8, 4) is 6.07 Å². The van der Waals surface area contributed by atoms with Gasteiger partial charge >= 0.3 is 0 Å². The van der Waals surface area contributed by atoms with Crippen molar-refractivity contribution < 1.29 is 9.84 Å². The van der Waals surface area contributed by atoms with Crippen LogP contribution in [0.2, 0.25) is 0 Å². The maximum absolute atomic E-state index is 9.49. The number of aliphatic hydroxyl groups excluding tert-OH is 1. The maximum Gasteiger partial charge on any atom is 0.0900 e. The van der Waals surface area contributed by atoms with Gasteiger partial charge in [-0.2, -0.15) is 5.26 Å². The molecule has 14 heavy (non-hydrogen) atoms. The fourth-order valence-electron chi connectivity index (χ4n) is 1.79. The van der Waals surface area contributed by atoms with Gasteiger partial charge in [-0.25, -0.2) is 0 Å². The van der Waals surface area contributed by atoms with Gasteiger partial charge in [0.2, 0.25) is 0 Å². The first-order valence-corrected chi connectivity index (χ1v) is 5.05. The molecule has 4 nitrogen and oxygen atoms in total.